The number of urea groups is 1. The Labute approximate surface area is 155 Å². The van der Waals surface area contributed by atoms with Gasteiger partial charge >= 0.3 is 26.8 Å². The lowest BCUT2D eigenvalue weighted by Crippen LogP contribution is -2.48. The van der Waals surface area contributed by atoms with Crippen LogP contribution >= 0.6 is 0 Å². The highest BCUT2D eigenvalue weighted by atomic mass is 28.4. The molecule has 0 saturated heterocycles. The molecule has 0 rings (SSSR count). The molecule has 10 nitrogen and oxygen atoms in total. The van der Waals surface area contributed by atoms with Crippen LogP contribution in [-0.2, 0) is 32.3 Å². The summed E-state index contributed by atoms with van der Waals surface area (Å²) in [7, 11) is 1.85. The Morgan fingerprint density at radius 2 is 1.54 bits per heavy atom. The molecule has 26 heavy (non-hydrogen) atoms. The topological polar surface area (TPSA) is 121 Å². The Hall–Kier alpha value is -1.69. The van der Waals surface area contributed by atoms with Crippen LogP contribution in [0.15, 0.2) is 0 Å². The average molecular weight is 394 g/mol. The Balaban J connectivity index is 4.47. The predicted molar refractivity (Wildman–Crippen MR) is 94.4 cm³/mol. The fraction of sp³-hybridized carbons (Fsp3) is 0.800. The molecule has 0 radical (unpaired) electrons. The Bertz CT molecular complexity index is 437. The van der Waals surface area contributed by atoms with Crippen molar-refractivity contribution in [3.8, 4) is 0 Å². The number of hydrogen-bond donors (Lipinski definition) is 2. The third-order valence-corrected chi connectivity index (χ3v) is 6.26. The third-order valence-electron chi connectivity index (χ3n) is 3.43. The van der Waals surface area contributed by atoms with E-state index in [1.54, 1.807) is 13.8 Å². The predicted octanol–water partition coefficient (Wildman–Crippen LogP) is 0.439. The number of rotatable bonds is 13. The van der Waals surface area contributed by atoms with E-state index in [1.807, 2.05) is 0 Å². The van der Waals surface area contributed by atoms with E-state index in [-0.39, 0.29) is 19.6 Å². The number of carbonyl (C=O) groups is 3. The number of hydrogen-bond acceptors (Lipinski definition) is 8. The molecule has 0 heterocycles. The molecule has 0 saturated carbocycles. The first kappa shape index (κ1) is 24.3. The van der Waals surface area contributed by atoms with Gasteiger partial charge in [-0.2, -0.15) is 0 Å². The minimum absolute atomic E-state index is 0.138. The molecule has 0 aliphatic carbocycles. The van der Waals surface area contributed by atoms with Crippen molar-refractivity contribution in [1.82, 2.24) is 10.6 Å². The van der Waals surface area contributed by atoms with Gasteiger partial charge in [-0.05, 0) is 20.3 Å². The average Bonchev–Trinajstić information content (AvgIpc) is 2.62. The first-order valence-corrected chi connectivity index (χ1v) is 10.3. The van der Waals surface area contributed by atoms with E-state index in [0.29, 0.717) is 19.0 Å². The summed E-state index contributed by atoms with van der Waals surface area (Å²) in [6.45, 7) is 3.92. The van der Waals surface area contributed by atoms with Crippen molar-refractivity contribution >= 4 is 26.8 Å². The summed E-state index contributed by atoms with van der Waals surface area (Å²) in [5, 5.41) is 5.03. The SMILES string of the molecule is CCOC(=O)CC(NC(=O)NCCC[Si](OC)(OC)OC)C(=O)OCC. The summed E-state index contributed by atoms with van der Waals surface area (Å²) in [6, 6.07) is -1.19. The van der Waals surface area contributed by atoms with Gasteiger partial charge in [-0.15, -0.1) is 0 Å². The quantitative estimate of drug-likeness (QED) is 0.262. The number of carbonyl (C=O) groups excluding carboxylic acids is 3. The lowest BCUT2D eigenvalue weighted by atomic mass is 10.2. The van der Waals surface area contributed by atoms with Crippen LogP contribution in [0.2, 0.25) is 6.04 Å². The Kier molecular flexibility index (Phi) is 12.6. The highest BCUT2D eigenvalue weighted by molar-refractivity contribution is 6.60. The Morgan fingerprint density at radius 3 is 2.04 bits per heavy atom. The molecule has 0 spiro atoms. The van der Waals surface area contributed by atoms with Gasteiger partial charge in [0, 0.05) is 33.9 Å². The molecule has 2 N–H and O–H groups in total. The summed E-state index contributed by atoms with van der Waals surface area (Å²) in [6.07, 6.45) is 0.254. The maximum absolute atomic E-state index is 12.0. The van der Waals surface area contributed by atoms with Crippen LogP contribution in [-0.4, -0.2) is 73.9 Å². The standard InChI is InChI=1S/C15H30N2O8Si/c1-6-24-13(18)11-12(14(19)25-7-2)17-15(20)16-9-8-10-26(21-3,22-4)23-5/h12H,6-11H2,1-5H3,(H2,16,17,20). The van der Waals surface area contributed by atoms with Gasteiger partial charge < -0.3 is 33.4 Å². The van der Waals surface area contributed by atoms with E-state index >= 15 is 0 Å². The lowest BCUT2D eigenvalue weighted by molar-refractivity contribution is -0.152. The molecule has 1 atom stereocenters. The normalized spacial score (nSPS) is 12.2. The fourth-order valence-corrected chi connectivity index (χ4v) is 3.82. The minimum atomic E-state index is -2.69. The second-order valence-corrected chi connectivity index (χ2v) is 8.20. The monoisotopic (exact) mass is 394 g/mol. The van der Waals surface area contributed by atoms with Gasteiger partial charge in [0.2, 0.25) is 0 Å². The molecule has 0 aromatic carbocycles. The molecule has 0 aliphatic rings. The maximum Gasteiger partial charge on any atom is 0.500 e. The van der Waals surface area contributed by atoms with Crippen molar-refractivity contribution in [3.63, 3.8) is 0 Å². The summed E-state index contributed by atoms with van der Waals surface area (Å²) in [5.41, 5.74) is 0. The van der Waals surface area contributed by atoms with Crippen LogP contribution in [0.25, 0.3) is 0 Å². The van der Waals surface area contributed by atoms with Crippen LogP contribution in [0.3, 0.4) is 0 Å². The Morgan fingerprint density at radius 1 is 0.962 bits per heavy atom. The lowest BCUT2D eigenvalue weighted by Gasteiger charge is -2.24. The number of ether oxygens (including phenoxy) is 2. The van der Waals surface area contributed by atoms with Crippen molar-refractivity contribution in [3.05, 3.63) is 0 Å². The zero-order valence-corrected chi connectivity index (χ0v) is 17.1. The molecule has 11 heteroatoms. The fourth-order valence-electron chi connectivity index (χ4n) is 2.09. The van der Waals surface area contributed by atoms with Crippen molar-refractivity contribution in [2.75, 3.05) is 41.1 Å². The largest absolute Gasteiger partial charge is 0.500 e. The van der Waals surface area contributed by atoms with Gasteiger partial charge in [0.25, 0.3) is 0 Å². The van der Waals surface area contributed by atoms with Gasteiger partial charge in [-0.3, -0.25) is 4.79 Å². The first-order valence-electron chi connectivity index (χ1n) is 8.40. The molecule has 0 aromatic rings. The highest BCUT2D eigenvalue weighted by Crippen LogP contribution is 2.14. The summed E-state index contributed by atoms with van der Waals surface area (Å²) >= 11 is 0. The van der Waals surface area contributed by atoms with Gasteiger partial charge in [0.05, 0.1) is 19.6 Å². The van der Waals surface area contributed by atoms with Gasteiger partial charge in [0.15, 0.2) is 0 Å². The van der Waals surface area contributed by atoms with Crippen molar-refractivity contribution in [2.24, 2.45) is 0 Å². The molecule has 1 unspecified atom stereocenters. The van der Waals surface area contributed by atoms with Crippen LogP contribution in [0.5, 0.6) is 0 Å². The van der Waals surface area contributed by atoms with E-state index in [0.717, 1.165) is 0 Å². The summed E-state index contributed by atoms with van der Waals surface area (Å²) in [4.78, 5) is 35.4. The molecule has 152 valence electrons. The van der Waals surface area contributed by atoms with Crippen molar-refractivity contribution in [1.29, 1.82) is 0 Å². The van der Waals surface area contributed by atoms with Crippen LogP contribution in [0.4, 0.5) is 4.79 Å². The van der Waals surface area contributed by atoms with Crippen LogP contribution < -0.4 is 10.6 Å². The second-order valence-electron chi connectivity index (χ2n) is 5.11. The number of amides is 2. The zero-order chi connectivity index (χ0) is 20.0. The van der Waals surface area contributed by atoms with Gasteiger partial charge in [-0.1, -0.05) is 0 Å². The van der Waals surface area contributed by atoms with E-state index in [1.165, 1.54) is 21.3 Å². The van der Waals surface area contributed by atoms with Gasteiger partial charge in [-0.25, -0.2) is 9.59 Å². The molecule has 0 fully saturated rings. The summed E-state index contributed by atoms with van der Waals surface area (Å²) < 4.78 is 25.5. The molecular formula is C15H30N2O8Si. The molecule has 2 amide bonds. The van der Waals surface area contributed by atoms with Crippen molar-refractivity contribution < 1.29 is 37.1 Å². The van der Waals surface area contributed by atoms with Gasteiger partial charge in [0.1, 0.15) is 6.04 Å². The molecular weight excluding hydrogens is 364 g/mol. The van der Waals surface area contributed by atoms with E-state index < -0.39 is 32.8 Å². The maximum atomic E-state index is 12.0. The molecule has 0 bridgehead atoms. The third kappa shape index (κ3) is 9.13. The minimum Gasteiger partial charge on any atom is -0.466 e. The first-order chi connectivity index (χ1) is 12.4. The van der Waals surface area contributed by atoms with Crippen LogP contribution in [0.1, 0.15) is 26.7 Å². The molecule has 0 aromatic heterocycles. The highest BCUT2D eigenvalue weighted by Gasteiger charge is 2.36. The molecule has 0 aliphatic heterocycles. The number of esters is 2. The van der Waals surface area contributed by atoms with Crippen molar-refractivity contribution in [2.45, 2.75) is 38.8 Å². The number of nitrogens with one attached hydrogen (secondary N) is 2. The summed E-state index contributed by atoms with van der Waals surface area (Å²) in [5.74, 6) is -1.29. The van der Waals surface area contributed by atoms with E-state index in [4.69, 9.17) is 22.8 Å². The smallest absolute Gasteiger partial charge is 0.466 e. The van der Waals surface area contributed by atoms with E-state index in [2.05, 4.69) is 10.6 Å². The van der Waals surface area contributed by atoms with Crippen LogP contribution in [0, 0.1) is 0 Å². The zero-order valence-electron chi connectivity index (χ0n) is 16.1. The van der Waals surface area contributed by atoms with E-state index in [9.17, 15) is 14.4 Å². The second kappa shape index (κ2) is 13.5.